The van der Waals surface area contributed by atoms with Crippen molar-refractivity contribution in [1.82, 2.24) is 0 Å². The fourth-order valence-corrected chi connectivity index (χ4v) is 12.3. The van der Waals surface area contributed by atoms with Gasteiger partial charge >= 0.3 is 14.5 Å². The number of aliphatic hydroxyl groups is 1. The fraction of sp³-hybridized carbons (Fsp3) is 0.744. The van der Waals surface area contributed by atoms with Gasteiger partial charge < -0.3 is 37.3 Å². The zero-order valence-electron chi connectivity index (χ0n) is 33.2. The van der Waals surface area contributed by atoms with E-state index in [1.165, 1.54) is 19.3 Å². The molecule has 12 heteroatoms. The predicted molar refractivity (Wildman–Crippen MR) is 201 cm³/mol. The Balaban J connectivity index is 1.85. The topological polar surface area (TPSA) is 119 Å². The van der Waals surface area contributed by atoms with Crippen LogP contribution in [0.15, 0.2) is 42.5 Å². The minimum Gasteiger partial charge on any atom is -0.458 e. The van der Waals surface area contributed by atoms with Crippen LogP contribution < -0.4 is 0 Å². The van der Waals surface area contributed by atoms with E-state index in [1.54, 1.807) is 0 Å². The zero-order valence-corrected chi connectivity index (χ0v) is 35.2. The summed E-state index contributed by atoms with van der Waals surface area (Å²) in [5.74, 6) is -2.79. The monoisotopic (exact) mass is 748 g/mol. The molecule has 10 nitrogen and oxygen atoms in total. The van der Waals surface area contributed by atoms with Crippen molar-refractivity contribution < 1.29 is 46.9 Å². The first kappa shape index (κ1) is 42.0. The van der Waals surface area contributed by atoms with Crippen LogP contribution in [0, 0.1) is 5.41 Å². The smallest absolute Gasteiger partial charge is 0.343 e. The van der Waals surface area contributed by atoms with Crippen molar-refractivity contribution in [1.29, 1.82) is 0 Å². The third-order valence-electron chi connectivity index (χ3n) is 11.8. The number of cyclic esters (lactones) is 1. The lowest BCUT2D eigenvalue weighted by molar-refractivity contribution is -0.282. The lowest BCUT2D eigenvalue weighted by atomic mass is 9.74. The molecule has 0 aromatic heterocycles. The summed E-state index contributed by atoms with van der Waals surface area (Å²) >= 11 is 0. The average molecular weight is 749 g/mol. The molecule has 0 unspecified atom stereocenters. The summed E-state index contributed by atoms with van der Waals surface area (Å²) in [6, 6.07) is 9.88. The van der Waals surface area contributed by atoms with Crippen molar-refractivity contribution >= 4 is 28.6 Å². The average Bonchev–Trinajstić information content (AvgIpc) is 3.05. The minimum atomic E-state index is -2.97. The Hall–Kier alpha value is -1.75. The number of carbonyl (C=O) groups excluding carboxylic acids is 2. The molecule has 4 rings (SSSR count). The Kier molecular flexibility index (Phi) is 13.1. The number of fused-ring (bicyclic) bond motifs is 4. The molecule has 0 amide bonds. The molecule has 288 valence electrons. The third kappa shape index (κ3) is 8.97. The second-order valence-electron chi connectivity index (χ2n) is 17.4. The first-order valence-electron chi connectivity index (χ1n) is 18.6. The van der Waals surface area contributed by atoms with Gasteiger partial charge in [0, 0.05) is 25.4 Å². The molecule has 2 fully saturated rings. The highest BCUT2D eigenvalue weighted by atomic mass is 28.4. The highest BCUT2D eigenvalue weighted by molar-refractivity contribution is 6.74. The van der Waals surface area contributed by atoms with Gasteiger partial charge in [-0.3, -0.25) is 4.79 Å². The molecule has 3 aliphatic rings. The number of esters is 1. The second kappa shape index (κ2) is 15.9. The molecule has 3 aliphatic heterocycles. The maximum absolute atomic E-state index is 14.6. The number of benzene rings is 1. The van der Waals surface area contributed by atoms with Crippen molar-refractivity contribution in [3.63, 3.8) is 0 Å². The van der Waals surface area contributed by atoms with Gasteiger partial charge in [0.1, 0.15) is 12.2 Å². The van der Waals surface area contributed by atoms with Crippen LogP contribution in [0.4, 0.5) is 0 Å². The number of ether oxygens (including phenoxy) is 4. The van der Waals surface area contributed by atoms with Crippen LogP contribution >= 0.6 is 0 Å². The predicted octanol–water partition coefficient (Wildman–Crippen LogP) is 7.38. The van der Waals surface area contributed by atoms with Gasteiger partial charge in [-0.1, -0.05) is 92.6 Å². The van der Waals surface area contributed by atoms with E-state index in [4.69, 9.17) is 32.2 Å². The molecular formula is C39H64O10Si2. The standard InChI is InChI=1S/C39H64O10Si2/c1-25(2)51(26(3)4)47-29-21-31(27(5)44-24-28-17-15-14-16-18-28)45-36(41)35(49-50(12,13)37(6,7)8)33(43-11)23-32-30(40)19-20-39(42,46-32)38(9,10)34(22-29)48-51/h14-20,25-27,29,31-35,42H,21-24H2,1-13H3/t27-,29+,31-,32-,33+,34-,35-,39-/m0/s1. The number of methoxy groups -OCH3 is 1. The molecule has 1 N–H and O–H groups in total. The number of carbonyl (C=O) groups is 2. The van der Waals surface area contributed by atoms with E-state index in [0.717, 1.165) is 5.56 Å². The summed E-state index contributed by atoms with van der Waals surface area (Å²) in [6.45, 7) is 25.0. The fourth-order valence-electron chi connectivity index (χ4n) is 7.07. The van der Waals surface area contributed by atoms with Gasteiger partial charge in [0.05, 0.1) is 31.0 Å². The molecular weight excluding hydrogens is 685 g/mol. The molecule has 0 aliphatic carbocycles. The summed E-state index contributed by atoms with van der Waals surface area (Å²) in [5.41, 5.74) is 0.129. The molecule has 51 heavy (non-hydrogen) atoms. The molecule has 3 heterocycles. The largest absolute Gasteiger partial charge is 0.458 e. The molecule has 0 radical (unpaired) electrons. The van der Waals surface area contributed by atoms with Crippen molar-refractivity contribution in [2.45, 2.75) is 173 Å². The highest BCUT2D eigenvalue weighted by Crippen LogP contribution is 2.50. The maximum Gasteiger partial charge on any atom is 0.343 e. The molecule has 8 atom stereocenters. The Morgan fingerprint density at radius 3 is 2.18 bits per heavy atom. The van der Waals surface area contributed by atoms with Crippen molar-refractivity contribution in [3.8, 4) is 0 Å². The van der Waals surface area contributed by atoms with E-state index in [0.29, 0.717) is 19.4 Å². The van der Waals surface area contributed by atoms with Crippen LogP contribution in [0.1, 0.15) is 94.1 Å². The molecule has 4 bridgehead atoms. The van der Waals surface area contributed by atoms with Gasteiger partial charge in [0.15, 0.2) is 26.0 Å². The zero-order chi connectivity index (χ0) is 38.2. The van der Waals surface area contributed by atoms with Crippen LogP contribution in [0.25, 0.3) is 0 Å². The summed E-state index contributed by atoms with van der Waals surface area (Å²) in [7, 11) is -4.08. The van der Waals surface area contributed by atoms with Crippen LogP contribution in [0.5, 0.6) is 0 Å². The Bertz CT molecular complexity index is 1370. The van der Waals surface area contributed by atoms with Gasteiger partial charge in [0.25, 0.3) is 0 Å². The maximum atomic E-state index is 14.6. The van der Waals surface area contributed by atoms with E-state index in [1.807, 2.05) is 51.1 Å². The first-order valence-corrected chi connectivity index (χ1v) is 23.5. The van der Waals surface area contributed by atoms with Gasteiger partial charge in [-0.25, -0.2) is 4.79 Å². The van der Waals surface area contributed by atoms with Crippen molar-refractivity contribution in [2.75, 3.05) is 7.11 Å². The van der Waals surface area contributed by atoms with Gasteiger partial charge in [0.2, 0.25) is 0 Å². The van der Waals surface area contributed by atoms with E-state index in [9.17, 15) is 14.7 Å². The SMILES string of the molecule is CO[C@@H]1C[C@@H]2O[C@@](O)(C=CC2=O)C(C)(C)[C@@H]2C[C@@H](C[C@@H]([C@H](C)OCc3ccccc3)OC(=O)[C@H]1O[Si](C)(C)C(C)(C)C)O[Si](C(C)C)(C(C)C)O2. The molecule has 2 saturated heterocycles. The van der Waals surface area contributed by atoms with E-state index >= 15 is 0 Å². The Labute approximate surface area is 308 Å². The highest BCUT2D eigenvalue weighted by Gasteiger charge is 2.60. The van der Waals surface area contributed by atoms with Gasteiger partial charge in [-0.15, -0.1) is 0 Å². The number of ketones is 1. The minimum absolute atomic E-state index is 0.0366. The summed E-state index contributed by atoms with van der Waals surface area (Å²) in [4.78, 5) is 28.0. The summed E-state index contributed by atoms with van der Waals surface area (Å²) in [6.07, 6.45) is -1.80. The quantitative estimate of drug-likeness (QED) is 0.203. The first-order chi connectivity index (χ1) is 23.6. The molecule has 0 spiro atoms. The van der Waals surface area contributed by atoms with E-state index in [2.05, 4.69) is 61.6 Å². The van der Waals surface area contributed by atoms with Crippen molar-refractivity contribution in [2.24, 2.45) is 5.41 Å². The number of hydrogen-bond donors (Lipinski definition) is 1. The van der Waals surface area contributed by atoms with Crippen molar-refractivity contribution in [3.05, 3.63) is 48.0 Å². The second-order valence-corrected chi connectivity index (χ2v) is 26.4. The van der Waals surface area contributed by atoms with Crippen LogP contribution in [0.2, 0.25) is 29.2 Å². The van der Waals surface area contributed by atoms with E-state index in [-0.39, 0.29) is 28.3 Å². The lowest BCUT2D eigenvalue weighted by Gasteiger charge is -2.55. The molecule has 1 aromatic carbocycles. The van der Waals surface area contributed by atoms with Crippen LogP contribution in [0.3, 0.4) is 0 Å². The van der Waals surface area contributed by atoms with Gasteiger partial charge in [-0.2, -0.15) is 0 Å². The molecule has 1 aromatic rings. The Morgan fingerprint density at radius 2 is 1.61 bits per heavy atom. The van der Waals surface area contributed by atoms with Gasteiger partial charge in [-0.05, 0) is 60.3 Å². The van der Waals surface area contributed by atoms with E-state index < -0.39 is 76.8 Å². The number of hydrogen-bond acceptors (Lipinski definition) is 10. The number of rotatable bonds is 9. The summed E-state index contributed by atoms with van der Waals surface area (Å²) in [5, 5.41) is 12.1. The Morgan fingerprint density at radius 1 is 0.980 bits per heavy atom. The summed E-state index contributed by atoms with van der Waals surface area (Å²) < 4.78 is 46.2. The van der Waals surface area contributed by atoms with Crippen LogP contribution in [-0.2, 0) is 48.4 Å². The third-order valence-corrected chi connectivity index (χ3v) is 20.8. The lowest BCUT2D eigenvalue weighted by Crippen LogP contribution is -2.65. The van der Waals surface area contributed by atoms with Crippen LogP contribution in [-0.4, -0.2) is 89.4 Å². The normalized spacial score (nSPS) is 32.4. The molecule has 0 saturated carbocycles.